The minimum Gasteiger partial charge on any atom is -0.465 e. The van der Waals surface area contributed by atoms with Crippen LogP contribution in [0, 0.1) is 6.92 Å². The average Bonchev–Trinajstić information content (AvgIpc) is 2.57. The van der Waals surface area contributed by atoms with Crippen LogP contribution in [0.3, 0.4) is 0 Å². The van der Waals surface area contributed by atoms with Gasteiger partial charge in [0.25, 0.3) is 0 Å². The largest absolute Gasteiger partial charge is 0.465 e. The number of aryl methyl sites for hydroxylation is 1. The standard InChI is InChI=1S/C15H26N2O/c1-4-8-16-10-13-9-15(18-12(13)2)11-17(3)14-6-5-7-14/h9,14,16H,4-8,10-11H2,1-3H3. The highest BCUT2D eigenvalue weighted by atomic mass is 16.3. The van der Waals surface area contributed by atoms with Crippen LogP contribution >= 0.6 is 0 Å². The van der Waals surface area contributed by atoms with Crippen molar-refractivity contribution in [1.82, 2.24) is 10.2 Å². The van der Waals surface area contributed by atoms with Crippen LogP contribution in [0.15, 0.2) is 10.5 Å². The van der Waals surface area contributed by atoms with Crippen molar-refractivity contribution in [2.24, 2.45) is 0 Å². The van der Waals surface area contributed by atoms with Gasteiger partial charge in [0.2, 0.25) is 0 Å². The van der Waals surface area contributed by atoms with E-state index >= 15 is 0 Å². The summed E-state index contributed by atoms with van der Waals surface area (Å²) >= 11 is 0. The van der Waals surface area contributed by atoms with Gasteiger partial charge < -0.3 is 9.73 Å². The van der Waals surface area contributed by atoms with Gasteiger partial charge in [-0.05, 0) is 45.8 Å². The second-order valence-corrected chi connectivity index (χ2v) is 5.47. The van der Waals surface area contributed by atoms with E-state index in [1.807, 2.05) is 0 Å². The molecule has 0 atom stereocenters. The maximum atomic E-state index is 5.85. The van der Waals surface area contributed by atoms with Crippen molar-refractivity contribution < 1.29 is 4.42 Å². The number of hydrogen-bond acceptors (Lipinski definition) is 3. The summed E-state index contributed by atoms with van der Waals surface area (Å²) in [5, 5.41) is 3.43. The molecule has 1 aliphatic carbocycles. The fourth-order valence-corrected chi connectivity index (χ4v) is 2.44. The number of furan rings is 1. The summed E-state index contributed by atoms with van der Waals surface area (Å²) in [6, 6.07) is 2.99. The Balaban J connectivity index is 1.86. The van der Waals surface area contributed by atoms with E-state index in [-0.39, 0.29) is 0 Å². The number of rotatable bonds is 7. The Kier molecular flexibility index (Phi) is 4.84. The molecule has 1 aromatic rings. The third-order valence-electron chi connectivity index (χ3n) is 3.92. The Morgan fingerprint density at radius 1 is 1.44 bits per heavy atom. The zero-order valence-electron chi connectivity index (χ0n) is 12.0. The van der Waals surface area contributed by atoms with Gasteiger partial charge in [-0.15, -0.1) is 0 Å². The smallest absolute Gasteiger partial charge is 0.118 e. The first-order chi connectivity index (χ1) is 8.70. The van der Waals surface area contributed by atoms with Gasteiger partial charge in [0, 0.05) is 18.2 Å². The number of nitrogens with zero attached hydrogens (tertiary/aromatic N) is 1. The van der Waals surface area contributed by atoms with Crippen LogP contribution < -0.4 is 5.32 Å². The Hall–Kier alpha value is -0.800. The molecule has 0 unspecified atom stereocenters. The molecule has 1 N–H and O–H groups in total. The van der Waals surface area contributed by atoms with Gasteiger partial charge in [-0.25, -0.2) is 0 Å². The molecule has 1 heterocycles. The second kappa shape index (κ2) is 6.39. The van der Waals surface area contributed by atoms with Crippen LogP contribution in [0.5, 0.6) is 0 Å². The summed E-state index contributed by atoms with van der Waals surface area (Å²) < 4.78 is 5.85. The van der Waals surface area contributed by atoms with Crippen LogP contribution in [0.1, 0.15) is 49.7 Å². The normalized spacial score (nSPS) is 16.2. The van der Waals surface area contributed by atoms with E-state index in [1.54, 1.807) is 0 Å². The molecule has 3 nitrogen and oxygen atoms in total. The lowest BCUT2D eigenvalue weighted by Gasteiger charge is -2.34. The highest BCUT2D eigenvalue weighted by Crippen LogP contribution is 2.25. The predicted molar refractivity (Wildman–Crippen MR) is 74.5 cm³/mol. The minimum absolute atomic E-state index is 0.775. The van der Waals surface area contributed by atoms with Crippen LogP contribution in [0.25, 0.3) is 0 Å². The first-order valence-electron chi connectivity index (χ1n) is 7.20. The average molecular weight is 250 g/mol. The topological polar surface area (TPSA) is 28.4 Å². The van der Waals surface area contributed by atoms with E-state index in [9.17, 15) is 0 Å². The monoisotopic (exact) mass is 250 g/mol. The third-order valence-corrected chi connectivity index (χ3v) is 3.92. The maximum absolute atomic E-state index is 5.85. The summed E-state index contributed by atoms with van der Waals surface area (Å²) in [7, 11) is 2.21. The van der Waals surface area contributed by atoms with Crippen molar-refractivity contribution in [1.29, 1.82) is 0 Å². The molecule has 2 rings (SSSR count). The summed E-state index contributed by atoms with van der Waals surface area (Å²) in [5.74, 6) is 2.17. The van der Waals surface area contributed by atoms with E-state index in [4.69, 9.17) is 4.42 Å². The van der Waals surface area contributed by atoms with E-state index in [1.165, 1.54) is 31.2 Å². The molecule has 1 aromatic heterocycles. The molecule has 0 amide bonds. The number of nitrogens with one attached hydrogen (secondary N) is 1. The van der Waals surface area contributed by atoms with Crippen LogP contribution in [0.2, 0.25) is 0 Å². The zero-order valence-corrected chi connectivity index (χ0v) is 12.0. The fourth-order valence-electron chi connectivity index (χ4n) is 2.44. The zero-order chi connectivity index (χ0) is 13.0. The number of hydrogen-bond donors (Lipinski definition) is 1. The lowest BCUT2D eigenvalue weighted by Crippen LogP contribution is -2.36. The van der Waals surface area contributed by atoms with E-state index in [0.717, 1.165) is 37.2 Å². The Morgan fingerprint density at radius 2 is 2.22 bits per heavy atom. The van der Waals surface area contributed by atoms with E-state index in [0.29, 0.717) is 0 Å². The van der Waals surface area contributed by atoms with Gasteiger partial charge in [0.15, 0.2) is 0 Å². The second-order valence-electron chi connectivity index (χ2n) is 5.47. The molecule has 1 fully saturated rings. The molecule has 0 saturated heterocycles. The Morgan fingerprint density at radius 3 is 2.83 bits per heavy atom. The minimum atomic E-state index is 0.775. The van der Waals surface area contributed by atoms with Crippen LogP contribution in [0.4, 0.5) is 0 Å². The lowest BCUT2D eigenvalue weighted by atomic mass is 9.92. The molecule has 18 heavy (non-hydrogen) atoms. The van der Waals surface area contributed by atoms with Gasteiger partial charge in [0.1, 0.15) is 11.5 Å². The lowest BCUT2D eigenvalue weighted by molar-refractivity contribution is 0.142. The molecule has 0 spiro atoms. The highest BCUT2D eigenvalue weighted by Gasteiger charge is 2.22. The summed E-state index contributed by atoms with van der Waals surface area (Å²) in [6.45, 7) is 7.20. The first kappa shape index (κ1) is 13.6. The van der Waals surface area contributed by atoms with Crippen LogP contribution in [-0.4, -0.2) is 24.5 Å². The highest BCUT2D eigenvalue weighted by molar-refractivity contribution is 5.20. The predicted octanol–water partition coefficient (Wildman–Crippen LogP) is 3.07. The van der Waals surface area contributed by atoms with Gasteiger partial charge >= 0.3 is 0 Å². The molecule has 1 aliphatic rings. The summed E-state index contributed by atoms with van der Waals surface area (Å²) in [5.41, 5.74) is 1.31. The molecule has 0 radical (unpaired) electrons. The molecule has 3 heteroatoms. The van der Waals surface area contributed by atoms with E-state index in [2.05, 4.69) is 37.2 Å². The van der Waals surface area contributed by atoms with E-state index < -0.39 is 0 Å². The van der Waals surface area contributed by atoms with Crippen molar-refractivity contribution in [3.63, 3.8) is 0 Å². The third kappa shape index (κ3) is 3.36. The molecule has 0 aliphatic heterocycles. The molecule has 1 saturated carbocycles. The van der Waals surface area contributed by atoms with Crippen molar-refractivity contribution in [3.8, 4) is 0 Å². The Bertz CT molecular complexity index is 369. The summed E-state index contributed by atoms with van der Waals surface area (Å²) in [6.07, 6.45) is 5.26. The van der Waals surface area contributed by atoms with Crippen molar-refractivity contribution in [2.45, 2.75) is 58.7 Å². The molecular weight excluding hydrogens is 224 g/mol. The van der Waals surface area contributed by atoms with Gasteiger partial charge in [-0.2, -0.15) is 0 Å². The quantitative estimate of drug-likeness (QED) is 0.754. The molecule has 0 bridgehead atoms. The summed E-state index contributed by atoms with van der Waals surface area (Å²) in [4.78, 5) is 2.42. The first-order valence-corrected chi connectivity index (χ1v) is 7.20. The maximum Gasteiger partial charge on any atom is 0.118 e. The fraction of sp³-hybridized carbons (Fsp3) is 0.733. The molecule has 0 aromatic carbocycles. The SMILES string of the molecule is CCCNCc1cc(CN(C)C2CCC2)oc1C. The molecular formula is C15H26N2O. The van der Waals surface area contributed by atoms with Gasteiger partial charge in [-0.1, -0.05) is 13.3 Å². The molecule has 102 valence electrons. The van der Waals surface area contributed by atoms with Crippen molar-refractivity contribution >= 4 is 0 Å². The van der Waals surface area contributed by atoms with Gasteiger partial charge in [-0.3, -0.25) is 4.90 Å². The van der Waals surface area contributed by atoms with Crippen molar-refractivity contribution in [2.75, 3.05) is 13.6 Å². The van der Waals surface area contributed by atoms with Crippen molar-refractivity contribution in [3.05, 3.63) is 23.2 Å². The van der Waals surface area contributed by atoms with Gasteiger partial charge in [0.05, 0.1) is 6.54 Å². The van der Waals surface area contributed by atoms with Crippen LogP contribution in [-0.2, 0) is 13.1 Å². The Labute approximate surface area is 111 Å².